The molecule has 0 saturated heterocycles. The Hall–Kier alpha value is -2.41. The highest BCUT2D eigenvalue weighted by Crippen LogP contribution is 2.31. The van der Waals surface area contributed by atoms with Crippen LogP contribution in [-0.2, 0) is 0 Å². The molecule has 2 heterocycles. The Morgan fingerprint density at radius 2 is 1.93 bits per heavy atom. The number of halogens is 2. The van der Waals surface area contributed by atoms with E-state index in [2.05, 4.69) is 15.3 Å². The molecule has 1 aromatic carbocycles. The number of aromatic amines is 1. The Morgan fingerprint density at radius 1 is 1.17 bits per heavy atom. The van der Waals surface area contributed by atoms with Crippen LogP contribution in [0.15, 0.2) is 48.8 Å². The van der Waals surface area contributed by atoms with Crippen LogP contribution in [0.2, 0.25) is 5.02 Å². The predicted molar refractivity (Wildman–Crippen MR) is 116 cm³/mol. The summed E-state index contributed by atoms with van der Waals surface area (Å²) < 4.78 is 0. The zero-order valence-corrected chi connectivity index (χ0v) is 17.2. The second-order valence-electron chi connectivity index (χ2n) is 7.29. The summed E-state index contributed by atoms with van der Waals surface area (Å²) >= 11 is 6.05. The van der Waals surface area contributed by atoms with Gasteiger partial charge in [-0.05, 0) is 49.2 Å². The monoisotopic (exact) mass is 432 g/mol. The standard InChI is InChI=1S/C21H21ClN4O2.ClH/c22-15-4-5-16-14(11-15)12-17(25-16)19(27)21(23)8-2-1-3-18(21)26-20(28)13-6-9-24-10-7-13;/h4-7,9-12,18,25H,1-3,8,23H2,(H,26,28);1H. The van der Waals surface area contributed by atoms with Crippen LogP contribution in [-0.4, -0.2) is 33.2 Å². The Bertz CT molecular complexity index is 1040. The Balaban J connectivity index is 0.00000240. The molecule has 3 aromatic rings. The second-order valence-corrected chi connectivity index (χ2v) is 7.73. The summed E-state index contributed by atoms with van der Waals surface area (Å²) in [6, 6.07) is 10.0. The number of pyridine rings is 1. The van der Waals surface area contributed by atoms with Crippen molar-refractivity contribution in [2.24, 2.45) is 5.73 Å². The van der Waals surface area contributed by atoms with Crippen molar-refractivity contribution in [3.05, 3.63) is 65.1 Å². The summed E-state index contributed by atoms with van der Waals surface area (Å²) in [6.45, 7) is 0. The lowest BCUT2D eigenvalue weighted by atomic mass is 9.74. The maximum atomic E-state index is 13.4. The third-order valence-corrected chi connectivity index (χ3v) is 5.69. The van der Waals surface area contributed by atoms with E-state index >= 15 is 0 Å². The highest BCUT2D eigenvalue weighted by atomic mass is 35.5. The van der Waals surface area contributed by atoms with Crippen molar-refractivity contribution in [3.8, 4) is 0 Å². The van der Waals surface area contributed by atoms with Crippen molar-refractivity contribution in [2.75, 3.05) is 0 Å². The number of nitrogens with two attached hydrogens (primary N) is 1. The number of hydrogen-bond donors (Lipinski definition) is 3. The lowest BCUT2D eigenvalue weighted by Crippen LogP contribution is -2.64. The van der Waals surface area contributed by atoms with E-state index in [0.29, 0.717) is 29.1 Å². The molecule has 0 radical (unpaired) electrons. The van der Waals surface area contributed by atoms with E-state index in [1.807, 2.05) is 6.07 Å². The minimum absolute atomic E-state index is 0. The van der Waals surface area contributed by atoms with Gasteiger partial charge < -0.3 is 16.0 Å². The Labute approximate surface area is 179 Å². The average Bonchev–Trinajstić information content (AvgIpc) is 3.12. The van der Waals surface area contributed by atoms with Crippen LogP contribution in [0.5, 0.6) is 0 Å². The number of fused-ring (bicyclic) bond motifs is 1. The summed E-state index contributed by atoms with van der Waals surface area (Å²) in [5.41, 5.74) is 7.23. The minimum Gasteiger partial charge on any atom is -0.352 e. The third-order valence-electron chi connectivity index (χ3n) is 5.45. The fraction of sp³-hybridized carbons (Fsp3) is 0.286. The maximum Gasteiger partial charge on any atom is 0.251 e. The number of H-pyrrole nitrogens is 1. The van der Waals surface area contributed by atoms with Crippen molar-refractivity contribution in [3.63, 3.8) is 0 Å². The minimum atomic E-state index is -1.16. The lowest BCUT2D eigenvalue weighted by Gasteiger charge is -2.40. The molecule has 2 aromatic heterocycles. The van der Waals surface area contributed by atoms with Crippen LogP contribution in [0.1, 0.15) is 46.5 Å². The number of carbonyl (C=O) groups is 2. The van der Waals surface area contributed by atoms with E-state index in [1.165, 1.54) is 0 Å². The molecule has 1 aliphatic rings. The molecule has 1 aliphatic carbocycles. The van der Waals surface area contributed by atoms with E-state index in [1.54, 1.807) is 42.7 Å². The van der Waals surface area contributed by atoms with Gasteiger partial charge in [-0.15, -0.1) is 12.4 Å². The summed E-state index contributed by atoms with van der Waals surface area (Å²) in [7, 11) is 0. The number of carbonyl (C=O) groups excluding carboxylic acids is 2. The number of ketones is 1. The first kappa shape index (κ1) is 21.3. The average molecular weight is 433 g/mol. The van der Waals surface area contributed by atoms with Gasteiger partial charge in [0.2, 0.25) is 5.78 Å². The number of Topliss-reactive ketones (excluding diaryl/α,β-unsaturated/α-hetero) is 1. The molecule has 0 spiro atoms. The third kappa shape index (κ3) is 4.15. The van der Waals surface area contributed by atoms with Crippen LogP contribution < -0.4 is 11.1 Å². The Morgan fingerprint density at radius 3 is 2.69 bits per heavy atom. The quantitative estimate of drug-likeness (QED) is 0.544. The van der Waals surface area contributed by atoms with E-state index in [9.17, 15) is 9.59 Å². The van der Waals surface area contributed by atoms with Gasteiger partial charge in [0.05, 0.1) is 11.7 Å². The van der Waals surface area contributed by atoms with Gasteiger partial charge in [0.15, 0.2) is 0 Å². The molecule has 4 rings (SSSR count). The second kappa shape index (κ2) is 8.53. The van der Waals surface area contributed by atoms with E-state index in [4.69, 9.17) is 17.3 Å². The van der Waals surface area contributed by atoms with Crippen molar-refractivity contribution in [2.45, 2.75) is 37.3 Å². The predicted octanol–water partition coefficient (Wildman–Crippen LogP) is 3.89. The van der Waals surface area contributed by atoms with Gasteiger partial charge in [0.1, 0.15) is 5.54 Å². The summed E-state index contributed by atoms with van der Waals surface area (Å²) in [6.07, 6.45) is 6.05. The molecule has 2 unspecified atom stereocenters. The molecule has 4 N–H and O–H groups in total. The zero-order chi connectivity index (χ0) is 19.7. The van der Waals surface area contributed by atoms with Crippen LogP contribution in [0.4, 0.5) is 0 Å². The summed E-state index contributed by atoms with van der Waals surface area (Å²) in [4.78, 5) is 33.0. The number of amides is 1. The molecular formula is C21H22Cl2N4O2. The molecule has 8 heteroatoms. The van der Waals surface area contributed by atoms with Gasteiger partial charge in [-0.1, -0.05) is 24.4 Å². The number of nitrogens with one attached hydrogen (secondary N) is 2. The van der Waals surface area contributed by atoms with Gasteiger partial charge in [-0.2, -0.15) is 0 Å². The molecule has 0 aliphatic heterocycles. The molecular weight excluding hydrogens is 411 g/mol. The van der Waals surface area contributed by atoms with Gasteiger partial charge in [0.25, 0.3) is 5.91 Å². The highest BCUT2D eigenvalue weighted by Gasteiger charge is 2.45. The number of hydrogen-bond acceptors (Lipinski definition) is 4. The van der Waals surface area contributed by atoms with Crippen LogP contribution >= 0.6 is 24.0 Å². The molecule has 2 atom stereocenters. The Kier molecular flexibility index (Phi) is 6.27. The number of benzene rings is 1. The van der Waals surface area contributed by atoms with Crippen LogP contribution in [0, 0.1) is 0 Å². The van der Waals surface area contributed by atoms with Gasteiger partial charge in [-0.3, -0.25) is 14.6 Å². The molecule has 1 amide bonds. The molecule has 0 bridgehead atoms. The zero-order valence-electron chi connectivity index (χ0n) is 15.7. The molecule has 152 valence electrons. The first-order valence-corrected chi connectivity index (χ1v) is 9.68. The van der Waals surface area contributed by atoms with E-state index in [-0.39, 0.29) is 24.1 Å². The maximum absolute atomic E-state index is 13.4. The van der Waals surface area contributed by atoms with E-state index in [0.717, 1.165) is 23.7 Å². The summed E-state index contributed by atoms with van der Waals surface area (Å²) in [5.74, 6) is -0.445. The summed E-state index contributed by atoms with van der Waals surface area (Å²) in [5, 5.41) is 4.43. The highest BCUT2D eigenvalue weighted by molar-refractivity contribution is 6.31. The van der Waals surface area contributed by atoms with Crippen LogP contribution in [0.25, 0.3) is 10.9 Å². The van der Waals surface area contributed by atoms with Crippen molar-refractivity contribution in [1.82, 2.24) is 15.3 Å². The fourth-order valence-electron chi connectivity index (χ4n) is 3.89. The lowest BCUT2D eigenvalue weighted by molar-refractivity contribution is 0.0755. The SMILES string of the molecule is Cl.NC1(C(=O)c2cc3cc(Cl)ccc3[nH]2)CCCCC1NC(=O)c1ccncc1. The molecule has 1 fully saturated rings. The van der Waals surface area contributed by atoms with Crippen molar-refractivity contribution in [1.29, 1.82) is 0 Å². The topological polar surface area (TPSA) is 101 Å². The van der Waals surface area contributed by atoms with Crippen molar-refractivity contribution < 1.29 is 9.59 Å². The first-order chi connectivity index (χ1) is 13.5. The fourth-order valence-corrected chi connectivity index (χ4v) is 4.07. The molecule has 6 nitrogen and oxygen atoms in total. The van der Waals surface area contributed by atoms with Crippen molar-refractivity contribution >= 4 is 46.6 Å². The van der Waals surface area contributed by atoms with Gasteiger partial charge >= 0.3 is 0 Å². The van der Waals surface area contributed by atoms with Crippen LogP contribution in [0.3, 0.4) is 0 Å². The largest absolute Gasteiger partial charge is 0.352 e. The normalized spacial score (nSPS) is 21.4. The molecule has 29 heavy (non-hydrogen) atoms. The molecule has 1 saturated carbocycles. The van der Waals surface area contributed by atoms with Gasteiger partial charge in [-0.25, -0.2) is 0 Å². The smallest absolute Gasteiger partial charge is 0.251 e. The number of rotatable bonds is 4. The number of aromatic nitrogens is 2. The first-order valence-electron chi connectivity index (χ1n) is 9.30. The van der Waals surface area contributed by atoms with Gasteiger partial charge in [0, 0.05) is 33.9 Å². The number of nitrogens with zero attached hydrogens (tertiary/aromatic N) is 1. The van der Waals surface area contributed by atoms with E-state index < -0.39 is 11.6 Å².